The number of rotatable bonds is 0. The molecule has 0 atom stereocenters. The van der Waals surface area contributed by atoms with Crippen molar-refractivity contribution in [2.24, 2.45) is 15.0 Å². The van der Waals surface area contributed by atoms with Crippen LogP contribution in [0.5, 0.6) is 0 Å². The fraction of sp³-hybridized carbons (Fsp3) is 0.0714. The van der Waals surface area contributed by atoms with Crippen LogP contribution in [0.1, 0.15) is 0 Å². The summed E-state index contributed by atoms with van der Waals surface area (Å²) in [5.74, 6) is 0.785. The van der Waals surface area contributed by atoms with Gasteiger partial charge in [-0.25, -0.2) is 9.98 Å². The van der Waals surface area contributed by atoms with Crippen LogP contribution >= 0.6 is 11.6 Å². The normalized spacial score (nSPS) is 16.3. The predicted molar refractivity (Wildman–Crippen MR) is 73.9 cm³/mol. The molecule has 2 aromatic carbocycles. The van der Waals surface area contributed by atoms with Crippen molar-refractivity contribution in [1.82, 2.24) is 0 Å². The van der Waals surface area contributed by atoms with E-state index in [9.17, 15) is 0 Å². The number of amidine groups is 1. The number of benzene rings is 2. The number of nitrogens with zero attached hydrogens (tertiary/aromatic N) is 3. The van der Waals surface area contributed by atoms with Crippen LogP contribution in [0.3, 0.4) is 0 Å². The van der Waals surface area contributed by atoms with Gasteiger partial charge in [-0.1, -0.05) is 29.8 Å². The number of hydrogen-bond donors (Lipinski definition) is 0. The summed E-state index contributed by atoms with van der Waals surface area (Å²) in [5, 5.41) is 5.03. The van der Waals surface area contributed by atoms with E-state index in [1.165, 1.54) is 0 Å². The molecular weight excluding hydrogens is 246 g/mol. The van der Waals surface area contributed by atoms with Crippen LogP contribution in [0.4, 0.5) is 0 Å². The summed E-state index contributed by atoms with van der Waals surface area (Å²) >= 11 is 6.23. The summed E-state index contributed by atoms with van der Waals surface area (Å²) in [6, 6.07) is 9.95. The summed E-state index contributed by atoms with van der Waals surface area (Å²) in [6.07, 6.45) is 1.57. The quantitative estimate of drug-likeness (QED) is 0.686. The zero-order chi connectivity index (χ0) is 12.1. The maximum Gasteiger partial charge on any atom is 0.160 e. The highest BCUT2D eigenvalue weighted by molar-refractivity contribution is 6.35. The minimum absolute atomic E-state index is 0.640. The Morgan fingerprint density at radius 1 is 1.06 bits per heavy atom. The van der Waals surface area contributed by atoms with Crippen molar-refractivity contribution in [1.29, 1.82) is 0 Å². The largest absolute Gasteiger partial charge is 0.268 e. The standard InChI is InChI=1S/C14H8ClN3/c15-11-3-1-2-9-8(11)4-5-12-13(9)10-6-16-7-17-14(10)18-12/h1-5,7H,6H2. The molecular formula is C14H8ClN3. The summed E-state index contributed by atoms with van der Waals surface area (Å²) < 4.78 is 0. The number of aliphatic imine (C=N–C) groups is 2. The molecule has 4 rings (SSSR count). The van der Waals surface area contributed by atoms with Gasteiger partial charge in [0.05, 0.1) is 11.9 Å². The summed E-state index contributed by atoms with van der Waals surface area (Å²) in [6.45, 7) is 0.640. The van der Waals surface area contributed by atoms with Gasteiger partial charge >= 0.3 is 0 Å². The average molecular weight is 254 g/mol. The lowest BCUT2D eigenvalue weighted by Gasteiger charge is -2.04. The second-order valence-electron chi connectivity index (χ2n) is 4.29. The van der Waals surface area contributed by atoms with Crippen LogP contribution in [0.15, 0.2) is 45.3 Å². The molecule has 18 heavy (non-hydrogen) atoms. The first kappa shape index (κ1) is 9.97. The monoisotopic (exact) mass is 253 g/mol. The maximum absolute atomic E-state index is 6.23. The van der Waals surface area contributed by atoms with E-state index in [-0.39, 0.29) is 0 Å². The zero-order valence-corrected chi connectivity index (χ0v) is 10.1. The van der Waals surface area contributed by atoms with Gasteiger partial charge in [0.15, 0.2) is 5.84 Å². The lowest BCUT2D eigenvalue weighted by atomic mass is 10.0. The molecule has 0 aromatic heterocycles. The Labute approximate surface area is 108 Å². The smallest absolute Gasteiger partial charge is 0.160 e. The van der Waals surface area contributed by atoms with E-state index in [1.54, 1.807) is 6.34 Å². The van der Waals surface area contributed by atoms with E-state index in [1.807, 2.05) is 24.3 Å². The first-order valence-electron chi connectivity index (χ1n) is 5.70. The number of fused-ring (bicyclic) bond motifs is 4. The molecule has 0 spiro atoms. The lowest BCUT2D eigenvalue weighted by molar-refractivity contribution is 1.26. The molecule has 0 N–H and O–H groups in total. The fourth-order valence-corrected chi connectivity index (χ4v) is 2.73. The molecule has 2 aromatic rings. The third-order valence-corrected chi connectivity index (χ3v) is 3.62. The Kier molecular flexibility index (Phi) is 1.94. The molecule has 2 aliphatic heterocycles. The second-order valence-corrected chi connectivity index (χ2v) is 4.70. The van der Waals surface area contributed by atoms with Crippen LogP contribution in [-0.2, 0) is 0 Å². The SMILES string of the molecule is Clc1cccc2c3c(ccc12)=NC1=NC=NCC=31. The van der Waals surface area contributed by atoms with Crippen molar-refractivity contribution in [3.05, 3.63) is 45.9 Å². The molecule has 0 unspecified atom stereocenters. The first-order valence-corrected chi connectivity index (χ1v) is 6.08. The minimum Gasteiger partial charge on any atom is -0.268 e. The molecule has 2 aliphatic rings. The second kappa shape index (κ2) is 3.50. The van der Waals surface area contributed by atoms with Gasteiger partial charge < -0.3 is 0 Å². The Bertz CT molecular complexity index is 862. The molecule has 0 bridgehead atoms. The molecule has 86 valence electrons. The molecule has 0 fully saturated rings. The van der Waals surface area contributed by atoms with Crippen molar-refractivity contribution in [3.63, 3.8) is 0 Å². The van der Waals surface area contributed by atoms with E-state index in [0.717, 1.165) is 37.8 Å². The van der Waals surface area contributed by atoms with Crippen LogP contribution < -0.4 is 10.6 Å². The number of halogens is 1. The van der Waals surface area contributed by atoms with Gasteiger partial charge in [-0.3, -0.25) is 4.99 Å². The summed E-state index contributed by atoms with van der Waals surface area (Å²) in [4.78, 5) is 13.0. The van der Waals surface area contributed by atoms with E-state index < -0.39 is 0 Å². The molecule has 0 saturated heterocycles. The minimum atomic E-state index is 0.640. The first-order chi connectivity index (χ1) is 8.84. The zero-order valence-electron chi connectivity index (χ0n) is 9.39. The van der Waals surface area contributed by atoms with E-state index in [2.05, 4.69) is 21.0 Å². The van der Waals surface area contributed by atoms with Crippen molar-refractivity contribution < 1.29 is 0 Å². The van der Waals surface area contributed by atoms with Crippen LogP contribution in [-0.4, -0.2) is 18.7 Å². The van der Waals surface area contributed by atoms with Crippen molar-refractivity contribution in [3.8, 4) is 0 Å². The fourth-order valence-electron chi connectivity index (χ4n) is 2.50. The highest BCUT2D eigenvalue weighted by Crippen LogP contribution is 2.21. The van der Waals surface area contributed by atoms with Gasteiger partial charge in [0.25, 0.3) is 0 Å². The lowest BCUT2D eigenvalue weighted by Crippen LogP contribution is -2.25. The predicted octanol–water partition coefficient (Wildman–Crippen LogP) is 1.72. The number of hydrogen-bond acceptors (Lipinski definition) is 3. The Morgan fingerprint density at radius 2 is 2.00 bits per heavy atom. The van der Waals surface area contributed by atoms with Gasteiger partial charge in [-0.2, -0.15) is 0 Å². The topological polar surface area (TPSA) is 37.1 Å². The molecule has 0 amide bonds. The third kappa shape index (κ3) is 1.22. The van der Waals surface area contributed by atoms with Crippen molar-refractivity contribution >= 4 is 40.1 Å². The molecule has 0 radical (unpaired) electrons. The molecule has 0 saturated carbocycles. The van der Waals surface area contributed by atoms with Crippen LogP contribution in [0.25, 0.3) is 16.3 Å². The van der Waals surface area contributed by atoms with Gasteiger partial charge in [0.1, 0.15) is 6.34 Å². The summed E-state index contributed by atoms with van der Waals surface area (Å²) in [5.41, 5.74) is 1.10. The average Bonchev–Trinajstić information content (AvgIpc) is 2.77. The van der Waals surface area contributed by atoms with E-state index >= 15 is 0 Å². The Balaban J connectivity index is 2.28. The molecule has 3 nitrogen and oxygen atoms in total. The van der Waals surface area contributed by atoms with E-state index in [4.69, 9.17) is 11.6 Å². The van der Waals surface area contributed by atoms with Crippen molar-refractivity contribution in [2.75, 3.05) is 6.54 Å². The van der Waals surface area contributed by atoms with Crippen molar-refractivity contribution in [2.45, 2.75) is 0 Å². The van der Waals surface area contributed by atoms with Gasteiger partial charge in [-0.15, -0.1) is 0 Å². The van der Waals surface area contributed by atoms with Gasteiger partial charge in [0.2, 0.25) is 0 Å². The Morgan fingerprint density at radius 3 is 2.94 bits per heavy atom. The van der Waals surface area contributed by atoms with E-state index in [0.29, 0.717) is 6.54 Å². The van der Waals surface area contributed by atoms with Gasteiger partial charge in [0, 0.05) is 21.2 Å². The van der Waals surface area contributed by atoms with Crippen LogP contribution in [0.2, 0.25) is 5.02 Å². The highest BCUT2D eigenvalue weighted by Gasteiger charge is 2.17. The van der Waals surface area contributed by atoms with Gasteiger partial charge in [-0.05, 0) is 17.5 Å². The molecule has 4 heteroatoms. The molecule has 0 aliphatic carbocycles. The Hall–Kier alpha value is -2.00. The van der Waals surface area contributed by atoms with Crippen LogP contribution in [0, 0.1) is 0 Å². The maximum atomic E-state index is 6.23. The summed E-state index contributed by atoms with van der Waals surface area (Å²) in [7, 11) is 0. The molecule has 2 heterocycles. The highest BCUT2D eigenvalue weighted by atomic mass is 35.5. The third-order valence-electron chi connectivity index (χ3n) is 3.30.